The number of ether oxygens (including phenoxy) is 2. The summed E-state index contributed by atoms with van der Waals surface area (Å²) in [6, 6.07) is 9.00. The van der Waals surface area contributed by atoms with Crippen LogP contribution >= 0.6 is 0 Å². The first-order chi connectivity index (χ1) is 13.6. The number of amides is 2. The van der Waals surface area contributed by atoms with Crippen LogP contribution < -0.4 is 10.6 Å². The van der Waals surface area contributed by atoms with Gasteiger partial charge in [-0.3, -0.25) is 14.9 Å². The van der Waals surface area contributed by atoms with Crippen LogP contribution in [0.15, 0.2) is 36.5 Å². The summed E-state index contributed by atoms with van der Waals surface area (Å²) in [5.74, 6) is -0.649. The average Bonchev–Trinajstić information content (AvgIpc) is 3.02. The summed E-state index contributed by atoms with van der Waals surface area (Å²) in [6.07, 6.45) is 1.44. The van der Waals surface area contributed by atoms with Crippen molar-refractivity contribution in [3.05, 3.63) is 42.2 Å². The van der Waals surface area contributed by atoms with Crippen LogP contribution in [-0.4, -0.2) is 41.8 Å². The molecule has 0 fully saturated rings. The standard InChI is InChI=1S/C21H27N3O5/c1-21(2,3)29-20(27)23-16-8-6-14(7-9-16)15-12-17(24(4)13-15)19(26)22-11-10-18(25)28-5/h6-9,12-13H,10-11H2,1-5H3,(H,22,26)(H,23,27). The van der Waals surface area contributed by atoms with E-state index in [0.29, 0.717) is 11.4 Å². The van der Waals surface area contributed by atoms with Gasteiger partial charge in [-0.2, -0.15) is 0 Å². The number of methoxy groups -OCH3 is 1. The molecule has 0 atom stereocenters. The Bertz CT molecular complexity index is 879. The highest BCUT2D eigenvalue weighted by Gasteiger charge is 2.16. The Morgan fingerprint density at radius 1 is 1.07 bits per heavy atom. The number of benzene rings is 1. The minimum atomic E-state index is -0.568. The van der Waals surface area contributed by atoms with Crippen LogP contribution in [0.1, 0.15) is 37.7 Å². The average molecular weight is 401 g/mol. The summed E-state index contributed by atoms with van der Waals surface area (Å²) in [4.78, 5) is 35.3. The van der Waals surface area contributed by atoms with E-state index < -0.39 is 11.7 Å². The van der Waals surface area contributed by atoms with E-state index in [4.69, 9.17) is 4.74 Å². The fourth-order valence-corrected chi connectivity index (χ4v) is 2.59. The number of hydrogen-bond acceptors (Lipinski definition) is 5. The van der Waals surface area contributed by atoms with E-state index in [2.05, 4.69) is 15.4 Å². The zero-order valence-corrected chi connectivity index (χ0v) is 17.4. The van der Waals surface area contributed by atoms with Gasteiger partial charge in [0, 0.05) is 31.0 Å². The van der Waals surface area contributed by atoms with E-state index in [0.717, 1.165) is 11.1 Å². The molecule has 0 saturated heterocycles. The van der Waals surface area contributed by atoms with Gasteiger partial charge in [-0.25, -0.2) is 4.79 Å². The third kappa shape index (κ3) is 6.67. The lowest BCUT2D eigenvalue weighted by Gasteiger charge is -2.19. The minimum Gasteiger partial charge on any atom is -0.469 e. The summed E-state index contributed by atoms with van der Waals surface area (Å²) in [5.41, 5.74) is 2.26. The van der Waals surface area contributed by atoms with Crippen LogP contribution in [0.5, 0.6) is 0 Å². The van der Waals surface area contributed by atoms with Gasteiger partial charge in [-0.05, 0) is 44.5 Å². The Morgan fingerprint density at radius 2 is 1.72 bits per heavy atom. The summed E-state index contributed by atoms with van der Waals surface area (Å²) < 4.78 is 11.5. The second-order valence-electron chi connectivity index (χ2n) is 7.51. The normalized spacial score (nSPS) is 10.9. The minimum absolute atomic E-state index is 0.117. The molecule has 156 valence electrons. The Hall–Kier alpha value is -3.29. The van der Waals surface area contributed by atoms with E-state index in [9.17, 15) is 14.4 Å². The molecule has 0 aliphatic rings. The second kappa shape index (κ2) is 9.27. The van der Waals surface area contributed by atoms with E-state index >= 15 is 0 Å². The first kappa shape index (κ1) is 22.0. The van der Waals surface area contributed by atoms with Crippen LogP contribution in [0.25, 0.3) is 11.1 Å². The fraction of sp³-hybridized carbons (Fsp3) is 0.381. The van der Waals surface area contributed by atoms with Gasteiger partial charge in [0.2, 0.25) is 0 Å². The number of aromatic nitrogens is 1. The van der Waals surface area contributed by atoms with Crippen LogP contribution in [0, 0.1) is 0 Å². The summed E-state index contributed by atoms with van der Waals surface area (Å²) in [5, 5.41) is 5.38. The summed E-state index contributed by atoms with van der Waals surface area (Å²) in [6.45, 7) is 5.61. The number of carbonyl (C=O) groups excluding carboxylic acids is 3. The van der Waals surface area contributed by atoms with Gasteiger partial charge in [-0.1, -0.05) is 12.1 Å². The lowest BCUT2D eigenvalue weighted by Crippen LogP contribution is -2.27. The van der Waals surface area contributed by atoms with E-state index in [1.54, 1.807) is 50.6 Å². The lowest BCUT2D eigenvalue weighted by atomic mass is 10.1. The molecule has 1 aromatic carbocycles. The Labute approximate surface area is 170 Å². The number of esters is 1. The molecule has 1 heterocycles. The van der Waals surface area contributed by atoms with Crippen LogP contribution in [0.4, 0.5) is 10.5 Å². The molecule has 0 saturated carbocycles. The quantitative estimate of drug-likeness (QED) is 0.724. The van der Waals surface area contributed by atoms with Gasteiger partial charge in [0.15, 0.2) is 0 Å². The van der Waals surface area contributed by atoms with Gasteiger partial charge >= 0.3 is 12.1 Å². The van der Waals surface area contributed by atoms with E-state index in [-0.39, 0.29) is 24.8 Å². The fourth-order valence-electron chi connectivity index (χ4n) is 2.59. The highest BCUT2D eigenvalue weighted by atomic mass is 16.6. The maximum atomic E-state index is 12.3. The van der Waals surface area contributed by atoms with Gasteiger partial charge in [0.25, 0.3) is 5.91 Å². The molecule has 0 radical (unpaired) electrons. The predicted molar refractivity (Wildman–Crippen MR) is 110 cm³/mol. The van der Waals surface area contributed by atoms with Crippen molar-refractivity contribution in [1.82, 2.24) is 9.88 Å². The molecule has 0 unspecified atom stereocenters. The van der Waals surface area contributed by atoms with E-state index in [1.165, 1.54) is 7.11 Å². The van der Waals surface area contributed by atoms with Crippen molar-refractivity contribution in [2.75, 3.05) is 19.0 Å². The maximum absolute atomic E-state index is 12.3. The van der Waals surface area contributed by atoms with Crippen LogP contribution in [0.2, 0.25) is 0 Å². The predicted octanol–water partition coefficient (Wildman–Crippen LogP) is 3.33. The van der Waals surface area contributed by atoms with Crippen molar-refractivity contribution in [3.8, 4) is 11.1 Å². The first-order valence-electron chi connectivity index (χ1n) is 9.21. The number of carbonyl (C=O) groups is 3. The number of rotatable bonds is 6. The first-order valence-corrected chi connectivity index (χ1v) is 9.21. The van der Waals surface area contributed by atoms with Gasteiger partial charge in [-0.15, -0.1) is 0 Å². The Morgan fingerprint density at radius 3 is 2.31 bits per heavy atom. The molecule has 29 heavy (non-hydrogen) atoms. The SMILES string of the molecule is COC(=O)CCNC(=O)c1cc(-c2ccc(NC(=O)OC(C)(C)C)cc2)cn1C. The molecule has 2 amide bonds. The van der Waals surface area contributed by atoms with Gasteiger partial charge in [0.05, 0.1) is 13.5 Å². The topological polar surface area (TPSA) is 98.7 Å². The number of nitrogens with one attached hydrogen (secondary N) is 2. The molecule has 0 aliphatic heterocycles. The molecular formula is C21H27N3O5. The molecule has 8 heteroatoms. The molecule has 8 nitrogen and oxygen atoms in total. The largest absolute Gasteiger partial charge is 0.469 e. The molecule has 2 rings (SSSR count). The summed E-state index contributed by atoms with van der Waals surface area (Å²) >= 11 is 0. The lowest BCUT2D eigenvalue weighted by molar-refractivity contribution is -0.140. The number of aryl methyl sites for hydroxylation is 1. The van der Waals surface area contributed by atoms with Crippen molar-refractivity contribution in [3.63, 3.8) is 0 Å². The number of hydrogen-bond donors (Lipinski definition) is 2. The molecule has 2 aromatic rings. The zero-order chi connectivity index (χ0) is 21.6. The van der Waals surface area contributed by atoms with Crippen molar-refractivity contribution in [1.29, 1.82) is 0 Å². The Kier molecular flexibility index (Phi) is 7.03. The molecule has 2 N–H and O–H groups in total. The molecule has 0 bridgehead atoms. The highest BCUT2D eigenvalue weighted by molar-refractivity contribution is 5.94. The monoisotopic (exact) mass is 401 g/mol. The number of anilines is 1. The van der Waals surface area contributed by atoms with Gasteiger partial charge in [0.1, 0.15) is 11.3 Å². The highest BCUT2D eigenvalue weighted by Crippen LogP contribution is 2.24. The Balaban J connectivity index is 2.02. The third-order valence-electron chi connectivity index (χ3n) is 3.94. The number of nitrogens with zero attached hydrogens (tertiary/aromatic N) is 1. The summed E-state index contributed by atoms with van der Waals surface area (Å²) in [7, 11) is 3.08. The third-order valence-corrected chi connectivity index (χ3v) is 3.94. The molecule has 0 aliphatic carbocycles. The van der Waals surface area contributed by atoms with Gasteiger partial charge < -0.3 is 19.4 Å². The van der Waals surface area contributed by atoms with Crippen molar-refractivity contribution in [2.24, 2.45) is 7.05 Å². The molecule has 1 aromatic heterocycles. The molecular weight excluding hydrogens is 374 g/mol. The van der Waals surface area contributed by atoms with Crippen LogP contribution in [-0.2, 0) is 21.3 Å². The maximum Gasteiger partial charge on any atom is 0.412 e. The van der Waals surface area contributed by atoms with Crippen molar-refractivity contribution >= 4 is 23.7 Å². The zero-order valence-electron chi connectivity index (χ0n) is 17.4. The second-order valence-corrected chi connectivity index (χ2v) is 7.51. The molecule has 0 spiro atoms. The van der Waals surface area contributed by atoms with E-state index in [1.807, 2.05) is 18.3 Å². The van der Waals surface area contributed by atoms with Crippen LogP contribution in [0.3, 0.4) is 0 Å². The van der Waals surface area contributed by atoms with Crippen molar-refractivity contribution < 1.29 is 23.9 Å². The van der Waals surface area contributed by atoms with Crippen molar-refractivity contribution in [2.45, 2.75) is 32.8 Å². The smallest absolute Gasteiger partial charge is 0.412 e.